The maximum absolute atomic E-state index is 10.5. The highest BCUT2D eigenvalue weighted by Crippen LogP contribution is 2.35. The van der Waals surface area contributed by atoms with Crippen molar-refractivity contribution in [2.24, 2.45) is 0 Å². The largest absolute Gasteiger partial charge is 0.388 e. The molecule has 0 saturated heterocycles. The van der Waals surface area contributed by atoms with E-state index in [4.69, 9.17) is 4.74 Å². The van der Waals surface area contributed by atoms with E-state index in [0.717, 1.165) is 23.1 Å². The second-order valence-electron chi connectivity index (χ2n) is 5.08. The fourth-order valence-electron chi connectivity index (χ4n) is 2.75. The Morgan fingerprint density at radius 3 is 2.75 bits per heavy atom. The lowest BCUT2D eigenvalue weighted by Gasteiger charge is -2.28. The van der Waals surface area contributed by atoms with Gasteiger partial charge in [0, 0.05) is 10.9 Å². The molecule has 0 aromatic heterocycles. The Bertz CT molecular complexity index is 597. The maximum atomic E-state index is 10.5. The summed E-state index contributed by atoms with van der Waals surface area (Å²) in [5.41, 5.74) is 3.46. The third-order valence-electron chi connectivity index (χ3n) is 3.79. The first-order chi connectivity index (χ1) is 9.75. The zero-order chi connectivity index (χ0) is 13.9. The molecule has 0 bridgehead atoms. The van der Waals surface area contributed by atoms with Crippen molar-refractivity contribution in [2.75, 3.05) is 6.61 Å². The maximum Gasteiger partial charge on any atom is 0.0855 e. The molecule has 2 nitrogen and oxygen atoms in total. The van der Waals surface area contributed by atoms with Gasteiger partial charge in [-0.2, -0.15) is 0 Å². The Morgan fingerprint density at radius 2 is 1.90 bits per heavy atom. The molecular formula is C17H17BrO2. The summed E-state index contributed by atoms with van der Waals surface area (Å²) in [5, 5.41) is 10.5. The van der Waals surface area contributed by atoms with Gasteiger partial charge in [-0.3, -0.25) is 0 Å². The van der Waals surface area contributed by atoms with Gasteiger partial charge in [-0.1, -0.05) is 58.4 Å². The minimum absolute atomic E-state index is 0.0259. The Hall–Kier alpha value is -1.16. The van der Waals surface area contributed by atoms with Gasteiger partial charge in [-0.25, -0.2) is 0 Å². The van der Waals surface area contributed by atoms with Gasteiger partial charge < -0.3 is 9.84 Å². The van der Waals surface area contributed by atoms with E-state index in [1.54, 1.807) is 0 Å². The minimum Gasteiger partial charge on any atom is -0.388 e. The molecule has 3 rings (SSSR count). The number of ether oxygens (including phenoxy) is 1. The van der Waals surface area contributed by atoms with Crippen LogP contribution in [0.4, 0.5) is 0 Å². The fourth-order valence-corrected chi connectivity index (χ4v) is 3.30. The average molecular weight is 333 g/mol. The van der Waals surface area contributed by atoms with Crippen LogP contribution in [0.3, 0.4) is 0 Å². The molecule has 2 unspecified atom stereocenters. The first-order valence-electron chi connectivity index (χ1n) is 6.87. The highest BCUT2D eigenvalue weighted by atomic mass is 79.9. The van der Waals surface area contributed by atoms with Crippen LogP contribution < -0.4 is 0 Å². The van der Waals surface area contributed by atoms with Gasteiger partial charge in [0.15, 0.2) is 0 Å². The van der Waals surface area contributed by atoms with Crippen LogP contribution in [0.1, 0.15) is 35.3 Å². The lowest BCUT2D eigenvalue weighted by molar-refractivity contribution is 0.00362. The summed E-state index contributed by atoms with van der Waals surface area (Å²) in [5.74, 6) is 0. The molecule has 2 aromatic rings. The van der Waals surface area contributed by atoms with E-state index in [1.165, 1.54) is 11.1 Å². The highest BCUT2D eigenvalue weighted by molar-refractivity contribution is 9.10. The second kappa shape index (κ2) is 6.08. The van der Waals surface area contributed by atoms with Gasteiger partial charge in [0.2, 0.25) is 0 Å². The standard InChI is InChI=1S/C17H17BrO2/c18-15-8-4-3-7-14(15)16(19)11-17-13-6-2-1-5-12(13)9-10-20-17/h1-8,16-17,19H,9-11H2. The molecule has 0 saturated carbocycles. The number of hydrogen-bond donors (Lipinski definition) is 1. The predicted molar refractivity (Wildman–Crippen MR) is 82.6 cm³/mol. The number of hydrogen-bond acceptors (Lipinski definition) is 2. The SMILES string of the molecule is OC(CC1OCCc2ccccc21)c1ccccc1Br. The molecule has 0 radical (unpaired) electrons. The summed E-state index contributed by atoms with van der Waals surface area (Å²) in [6, 6.07) is 16.1. The third kappa shape index (κ3) is 2.80. The van der Waals surface area contributed by atoms with Crippen molar-refractivity contribution in [3.63, 3.8) is 0 Å². The number of halogens is 1. The first kappa shape index (κ1) is 13.8. The van der Waals surface area contributed by atoms with E-state index in [9.17, 15) is 5.11 Å². The molecule has 0 aliphatic carbocycles. The van der Waals surface area contributed by atoms with Crippen LogP contribution in [0.2, 0.25) is 0 Å². The van der Waals surface area contributed by atoms with Crippen LogP contribution in [0.25, 0.3) is 0 Å². The molecule has 0 fully saturated rings. The van der Waals surface area contributed by atoms with Crippen LogP contribution >= 0.6 is 15.9 Å². The molecule has 1 heterocycles. The number of rotatable bonds is 3. The van der Waals surface area contributed by atoms with Gasteiger partial charge in [0.1, 0.15) is 0 Å². The lowest BCUT2D eigenvalue weighted by atomic mass is 9.92. The third-order valence-corrected chi connectivity index (χ3v) is 4.52. The van der Waals surface area contributed by atoms with Crippen LogP contribution in [-0.4, -0.2) is 11.7 Å². The summed E-state index contributed by atoms with van der Waals surface area (Å²) < 4.78 is 6.80. The topological polar surface area (TPSA) is 29.5 Å². The Balaban J connectivity index is 1.81. The van der Waals surface area contributed by atoms with E-state index in [-0.39, 0.29) is 6.10 Å². The van der Waals surface area contributed by atoms with Crippen molar-refractivity contribution in [3.05, 3.63) is 69.7 Å². The van der Waals surface area contributed by atoms with E-state index in [0.29, 0.717) is 6.42 Å². The summed E-state index contributed by atoms with van der Waals surface area (Å²) in [7, 11) is 0. The molecule has 1 N–H and O–H groups in total. The van der Waals surface area contributed by atoms with Gasteiger partial charge in [0.25, 0.3) is 0 Å². The van der Waals surface area contributed by atoms with Crippen LogP contribution in [0, 0.1) is 0 Å². The van der Waals surface area contributed by atoms with Crippen LogP contribution in [0.15, 0.2) is 53.0 Å². The van der Waals surface area contributed by atoms with Gasteiger partial charge >= 0.3 is 0 Å². The van der Waals surface area contributed by atoms with E-state index < -0.39 is 6.10 Å². The summed E-state index contributed by atoms with van der Waals surface area (Å²) >= 11 is 3.49. The van der Waals surface area contributed by atoms with Crippen molar-refractivity contribution in [3.8, 4) is 0 Å². The Morgan fingerprint density at radius 1 is 1.15 bits per heavy atom. The molecule has 0 amide bonds. The zero-order valence-corrected chi connectivity index (χ0v) is 12.7. The smallest absolute Gasteiger partial charge is 0.0855 e. The predicted octanol–water partition coefficient (Wildman–Crippen LogP) is 4.19. The molecule has 2 atom stereocenters. The molecule has 104 valence electrons. The van der Waals surface area contributed by atoms with E-state index in [2.05, 4.69) is 34.1 Å². The summed E-state index contributed by atoms with van der Waals surface area (Å²) in [4.78, 5) is 0. The van der Waals surface area contributed by atoms with Gasteiger partial charge in [-0.05, 0) is 29.2 Å². The van der Waals surface area contributed by atoms with Gasteiger partial charge in [0.05, 0.1) is 18.8 Å². The fraction of sp³-hybridized carbons (Fsp3) is 0.294. The number of benzene rings is 2. The van der Waals surface area contributed by atoms with E-state index >= 15 is 0 Å². The monoisotopic (exact) mass is 332 g/mol. The van der Waals surface area contributed by atoms with Crippen molar-refractivity contribution >= 4 is 15.9 Å². The quantitative estimate of drug-likeness (QED) is 0.913. The van der Waals surface area contributed by atoms with E-state index in [1.807, 2.05) is 30.3 Å². The zero-order valence-electron chi connectivity index (χ0n) is 11.1. The summed E-state index contributed by atoms with van der Waals surface area (Å²) in [6.45, 7) is 0.727. The van der Waals surface area contributed by atoms with Crippen LogP contribution in [0.5, 0.6) is 0 Å². The lowest BCUT2D eigenvalue weighted by Crippen LogP contribution is -2.18. The second-order valence-corrected chi connectivity index (χ2v) is 5.94. The highest BCUT2D eigenvalue weighted by Gasteiger charge is 2.24. The van der Waals surface area contributed by atoms with Crippen LogP contribution in [-0.2, 0) is 11.2 Å². The Labute approximate surface area is 127 Å². The minimum atomic E-state index is -0.526. The normalized spacial score (nSPS) is 19.4. The molecular weight excluding hydrogens is 316 g/mol. The molecule has 2 aromatic carbocycles. The van der Waals surface area contributed by atoms with Crippen molar-refractivity contribution in [1.82, 2.24) is 0 Å². The molecule has 1 aliphatic rings. The van der Waals surface area contributed by atoms with Crippen molar-refractivity contribution in [2.45, 2.75) is 25.0 Å². The van der Waals surface area contributed by atoms with Crippen molar-refractivity contribution < 1.29 is 9.84 Å². The van der Waals surface area contributed by atoms with Crippen molar-refractivity contribution in [1.29, 1.82) is 0 Å². The van der Waals surface area contributed by atoms with Gasteiger partial charge in [-0.15, -0.1) is 0 Å². The Kier molecular flexibility index (Phi) is 4.20. The first-order valence-corrected chi connectivity index (χ1v) is 7.67. The molecule has 20 heavy (non-hydrogen) atoms. The molecule has 1 aliphatic heterocycles. The molecule has 3 heteroatoms. The molecule has 0 spiro atoms. The number of fused-ring (bicyclic) bond motifs is 1. The number of aliphatic hydroxyl groups excluding tert-OH is 1. The average Bonchev–Trinajstić information content (AvgIpc) is 2.48. The number of aliphatic hydroxyl groups is 1. The summed E-state index contributed by atoms with van der Waals surface area (Å²) in [6.07, 6.45) is 0.987.